The van der Waals surface area contributed by atoms with Gasteiger partial charge in [0.2, 0.25) is 0 Å². The minimum Gasteiger partial charge on any atom is -0.374 e. The van der Waals surface area contributed by atoms with Gasteiger partial charge in [-0.05, 0) is 37.3 Å². The van der Waals surface area contributed by atoms with Gasteiger partial charge in [0.15, 0.2) is 5.11 Å². The number of carbonyl (C=O) groups is 1. The average Bonchev–Trinajstić information content (AvgIpc) is 2.75. The number of nitrogens with zero attached hydrogens (tertiary/aromatic N) is 3. The normalized spacial score (nSPS) is 10.1. The third-order valence-corrected chi connectivity index (χ3v) is 2.87. The summed E-state index contributed by atoms with van der Waals surface area (Å²) in [5.41, 5.74) is 10.2. The van der Waals surface area contributed by atoms with E-state index in [1.165, 1.54) is 9.69 Å². The standard InChI is InChI=1S/C13H15N5OS/c1-9-8-11(17(2)15-9)12(19)16-18(13(14)20)10-6-4-3-5-7-10/h3-8H,1-2H3,(H2,14,20)(H,16,19). The van der Waals surface area contributed by atoms with Crippen LogP contribution in [0.1, 0.15) is 16.2 Å². The number of anilines is 1. The quantitative estimate of drug-likeness (QED) is 0.640. The van der Waals surface area contributed by atoms with Gasteiger partial charge in [0.1, 0.15) is 5.69 Å². The summed E-state index contributed by atoms with van der Waals surface area (Å²) in [5, 5.41) is 5.55. The highest BCUT2D eigenvalue weighted by atomic mass is 32.1. The molecule has 0 saturated carbocycles. The molecular weight excluding hydrogens is 274 g/mol. The Balaban J connectivity index is 2.23. The molecule has 6 nitrogen and oxygen atoms in total. The molecule has 0 aliphatic carbocycles. The topological polar surface area (TPSA) is 76.2 Å². The Labute approximate surface area is 122 Å². The number of nitrogens with one attached hydrogen (secondary N) is 1. The van der Waals surface area contributed by atoms with Crippen molar-refractivity contribution in [3.05, 3.63) is 47.8 Å². The first-order chi connectivity index (χ1) is 9.49. The predicted molar refractivity (Wildman–Crippen MR) is 81.1 cm³/mol. The molecule has 3 N–H and O–H groups in total. The number of para-hydroxylation sites is 1. The molecule has 0 radical (unpaired) electrons. The van der Waals surface area contributed by atoms with Gasteiger partial charge in [-0.2, -0.15) is 5.10 Å². The highest BCUT2D eigenvalue weighted by Crippen LogP contribution is 2.11. The van der Waals surface area contributed by atoms with Crippen molar-refractivity contribution in [3.63, 3.8) is 0 Å². The van der Waals surface area contributed by atoms with Crippen LogP contribution >= 0.6 is 12.2 Å². The number of hydrogen-bond acceptors (Lipinski definition) is 3. The number of hydrogen-bond donors (Lipinski definition) is 2. The Morgan fingerprint density at radius 3 is 2.55 bits per heavy atom. The molecule has 2 rings (SSSR count). The molecule has 7 heteroatoms. The maximum absolute atomic E-state index is 12.2. The van der Waals surface area contributed by atoms with Gasteiger partial charge in [-0.1, -0.05) is 18.2 Å². The van der Waals surface area contributed by atoms with Crippen LogP contribution in [-0.4, -0.2) is 20.8 Å². The number of aromatic nitrogens is 2. The van der Waals surface area contributed by atoms with Gasteiger partial charge in [0, 0.05) is 7.05 Å². The van der Waals surface area contributed by atoms with Crippen molar-refractivity contribution in [3.8, 4) is 0 Å². The van der Waals surface area contributed by atoms with Crippen LogP contribution in [-0.2, 0) is 7.05 Å². The number of carbonyl (C=O) groups excluding carboxylic acids is 1. The van der Waals surface area contributed by atoms with E-state index in [4.69, 9.17) is 18.0 Å². The molecule has 0 atom stereocenters. The van der Waals surface area contributed by atoms with Gasteiger partial charge in [-0.25, -0.2) is 5.01 Å². The lowest BCUT2D eigenvalue weighted by molar-refractivity contribution is 0.0945. The lowest BCUT2D eigenvalue weighted by atomic mass is 10.3. The summed E-state index contributed by atoms with van der Waals surface area (Å²) in [4.78, 5) is 12.2. The zero-order valence-electron chi connectivity index (χ0n) is 11.2. The summed E-state index contributed by atoms with van der Waals surface area (Å²) in [5.74, 6) is -0.329. The fraction of sp³-hybridized carbons (Fsp3) is 0.154. The number of amides is 1. The molecule has 0 fully saturated rings. The van der Waals surface area contributed by atoms with E-state index < -0.39 is 0 Å². The first-order valence-corrected chi connectivity index (χ1v) is 6.36. The van der Waals surface area contributed by atoms with Crippen molar-refractivity contribution in [1.29, 1.82) is 0 Å². The minimum atomic E-state index is -0.329. The van der Waals surface area contributed by atoms with Gasteiger partial charge < -0.3 is 5.73 Å². The van der Waals surface area contributed by atoms with Crippen molar-refractivity contribution in [2.45, 2.75) is 6.92 Å². The number of rotatable bonds is 2. The van der Waals surface area contributed by atoms with Crippen LogP contribution < -0.4 is 16.2 Å². The third-order valence-electron chi connectivity index (χ3n) is 2.68. The molecule has 1 heterocycles. The maximum Gasteiger partial charge on any atom is 0.288 e. The average molecular weight is 289 g/mol. The Bertz CT molecular complexity index is 637. The number of aryl methyl sites for hydroxylation is 2. The molecule has 20 heavy (non-hydrogen) atoms. The zero-order valence-corrected chi connectivity index (χ0v) is 12.0. The van der Waals surface area contributed by atoms with Crippen LogP contribution in [0.3, 0.4) is 0 Å². The fourth-order valence-corrected chi connectivity index (χ4v) is 1.96. The fourth-order valence-electron chi connectivity index (χ4n) is 1.81. The largest absolute Gasteiger partial charge is 0.374 e. The second kappa shape index (κ2) is 5.70. The maximum atomic E-state index is 12.2. The SMILES string of the molecule is Cc1cc(C(=O)NN(C(N)=S)c2ccccc2)n(C)n1. The van der Waals surface area contributed by atoms with E-state index in [9.17, 15) is 4.79 Å². The highest BCUT2D eigenvalue weighted by molar-refractivity contribution is 7.80. The van der Waals surface area contributed by atoms with Crippen LogP contribution in [0.4, 0.5) is 5.69 Å². The van der Waals surface area contributed by atoms with Crippen molar-refractivity contribution in [1.82, 2.24) is 15.2 Å². The first kappa shape index (κ1) is 14.0. The Kier molecular flexibility index (Phi) is 3.99. The van der Waals surface area contributed by atoms with Crippen LogP contribution in [0.25, 0.3) is 0 Å². The first-order valence-electron chi connectivity index (χ1n) is 5.95. The van der Waals surface area contributed by atoms with Crippen LogP contribution in [0.15, 0.2) is 36.4 Å². The van der Waals surface area contributed by atoms with E-state index in [1.807, 2.05) is 25.1 Å². The van der Waals surface area contributed by atoms with Crippen LogP contribution in [0, 0.1) is 6.92 Å². The molecule has 1 aromatic carbocycles. The summed E-state index contributed by atoms with van der Waals surface area (Å²) in [7, 11) is 1.70. The molecule has 104 valence electrons. The summed E-state index contributed by atoms with van der Waals surface area (Å²) in [6, 6.07) is 10.8. The van der Waals surface area contributed by atoms with E-state index >= 15 is 0 Å². The number of nitrogens with two attached hydrogens (primary N) is 1. The van der Waals surface area contributed by atoms with E-state index in [0.29, 0.717) is 11.4 Å². The van der Waals surface area contributed by atoms with E-state index in [0.717, 1.165) is 5.69 Å². The van der Waals surface area contributed by atoms with Crippen molar-refractivity contribution < 1.29 is 4.79 Å². The molecule has 0 unspecified atom stereocenters. The molecule has 0 aliphatic heterocycles. The molecule has 1 amide bonds. The smallest absolute Gasteiger partial charge is 0.288 e. The summed E-state index contributed by atoms with van der Waals surface area (Å²) >= 11 is 4.97. The Morgan fingerprint density at radius 2 is 2.05 bits per heavy atom. The monoisotopic (exact) mass is 289 g/mol. The van der Waals surface area contributed by atoms with Crippen molar-refractivity contribution in [2.24, 2.45) is 12.8 Å². The Hall–Kier alpha value is -2.41. The predicted octanol–water partition coefficient (Wildman–Crippen LogP) is 1.12. The second-order valence-corrected chi connectivity index (χ2v) is 4.66. The summed E-state index contributed by atoms with van der Waals surface area (Å²) in [6.07, 6.45) is 0. The van der Waals surface area contributed by atoms with E-state index in [2.05, 4.69) is 10.5 Å². The molecule has 0 bridgehead atoms. The zero-order chi connectivity index (χ0) is 14.7. The number of benzene rings is 1. The molecule has 2 aromatic rings. The number of thiocarbonyl (C=S) groups is 1. The second-order valence-electron chi connectivity index (χ2n) is 4.24. The van der Waals surface area contributed by atoms with Crippen molar-refractivity contribution in [2.75, 3.05) is 5.01 Å². The Morgan fingerprint density at radius 1 is 1.40 bits per heavy atom. The number of hydrazine groups is 1. The molecular formula is C13H15N5OS. The van der Waals surface area contributed by atoms with Crippen LogP contribution in [0.2, 0.25) is 0 Å². The summed E-state index contributed by atoms with van der Waals surface area (Å²) in [6.45, 7) is 1.82. The highest BCUT2D eigenvalue weighted by Gasteiger charge is 2.17. The van der Waals surface area contributed by atoms with Gasteiger partial charge in [0.05, 0.1) is 11.4 Å². The summed E-state index contributed by atoms with van der Waals surface area (Å²) < 4.78 is 1.51. The lowest BCUT2D eigenvalue weighted by Crippen LogP contribution is -2.49. The van der Waals surface area contributed by atoms with Crippen molar-refractivity contribution >= 4 is 28.9 Å². The van der Waals surface area contributed by atoms with E-state index in [1.54, 1.807) is 25.2 Å². The minimum absolute atomic E-state index is 0.0587. The van der Waals surface area contributed by atoms with Crippen LogP contribution in [0.5, 0.6) is 0 Å². The van der Waals surface area contributed by atoms with E-state index in [-0.39, 0.29) is 11.0 Å². The molecule has 0 saturated heterocycles. The third kappa shape index (κ3) is 2.94. The lowest BCUT2D eigenvalue weighted by Gasteiger charge is -2.23. The van der Waals surface area contributed by atoms with Gasteiger partial charge >= 0.3 is 0 Å². The van der Waals surface area contributed by atoms with Gasteiger partial charge in [0.25, 0.3) is 5.91 Å². The molecule has 0 aliphatic rings. The van der Waals surface area contributed by atoms with Gasteiger partial charge in [-0.15, -0.1) is 0 Å². The van der Waals surface area contributed by atoms with Gasteiger partial charge in [-0.3, -0.25) is 14.9 Å². The molecule has 0 spiro atoms. The molecule has 1 aromatic heterocycles.